The molecule has 1 aromatic heterocycles. The summed E-state index contributed by atoms with van der Waals surface area (Å²) in [6.07, 6.45) is -0.495. The normalized spacial score (nSPS) is 20.9. The third-order valence-corrected chi connectivity index (χ3v) is 4.87. The highest BCUT2D eigenvalue weighted by Gasteiger charge is 2.38. The Labute approximate surface area is 139 Å². The van der Waals surface area contributed by atoms with Gasteiger partial charge in [0.1, 0.15) is 23.3 Å². The molecule has 2 fully saturated rings. The molecule has 0 amide bonds. The summed E-state index contributed by atoms with van der Waals surface area (Å²) in [5.41, 5.74) is -1.22. The maximum Gasteiger partial charge on any atom is 0.417 e. The van der Waals surface area contributed by atoms with Crippen LogP contribution in [0.3, 0.4) is 0 Å². The molecule has 0 saturated carbocycles. The summed E-state index contributed by atoms with van der Waals surface area (Å²) >= 11 is 0. The number of alkyl halides is 3. The third kappa shape index (κ3) is 3.14. The van der Waals surface area contributed by atoms with Crippen molar-refractivity contribution in [1.82, 2.24) is 4.98 Å². The molecule has 4 nitrogen and oxygen atoms in total. The molecule has 2 saturated heterocycles. The standard InChI is InChI=1S/C17H21F3N4/c1-2-4-12-5-8-24(11-12)15-9-14(17(18,19)20)13(10-21)16(22-15)23-6-3-7-23/h9,12H,2-8,11H2,1H3. The van der Waals surface area contributed by atoms with Gasteiger partial charge in [0.15, 0.2) is 0 Å². The van der Waals surface area contributed by atoms with Gasteiger partial charge in [-0.05, 0) is 31.2 Å². The van der Waals surface area contributed by atoms with Crippen LogP contribution in [0.15, 0.2) is 6.07 Å². The maximum atomic E-state index is 13.4. The topological polar surface area (TPSA) is 43.2 Å². The first kappa shape index (κ1) is 16.9. The summed E-state index contributed by atoms with van der Waals surface area (Å²) in [5, 5.41) is 9.27. The molecule has 0 bridgehead atoms. The zero-order valence-corrected chi connectivity index (χ0v) is 13.7. The highest BCUT2D eigenvalue weighted by atomic mass is 19.4. The van der Waals surface area contributed by atoms with E-state index in [4.69, 9.17) is 0 Å². The van der Waals surface area contributed by atoms with Gasteiger partial charge in [-0.15, -0.1) is 0 Å². The predicted molar refractivity (Wildman–Crippen MR) is 86.0 cm³/mol. The lowest BCUT2D eigenvalue weighted by atomic mass is 10.0. The van der Waals surface area contributed by atoms with Gasteiger partial charge < -0.3 is 9.80 Å². The largest absolute Gasteiger partial charge is 0.417 e. The van der Waals surface area contributed by atoms with Gasteiger partial charge in [-0.3, -0.25) is 0 Å². The molecule has 2 aliphatic rings. The zero-order chi connectivity index (χ0) is 17.3. The van der Waals surface area contributed by atoms with Gasteiger partial charge in [0.05, 0.1) is 5.56 Å². The van der Waals surface area contributed by atoms with Crippen molar-refractivity contribution >= 4 is 11.6 Å². The molecule has 0 aliphatic carbocycles. The first-order valence-electron chi connectivity index (χ1n) is 8.46. The number of hydrogen-bond acceptors (Lipinski definition) is 4. The van der Waals surface area contributed by atoms with Crippen LogP contribution >= 0.6 is 0 Å². The monoisotopic (exact) mass is 338 g/mol. The number of hydrogen-bond donors (Lipinski definition) is 0. The first-order chi connectivity index (χ1) is 11.4. The summed E-state index contributed by atoms with van der Waals surface area (Å²) in [4.78, 5) is 8.14. The highest BCUT2D eigenvalue weighted by molar-refractivity contribution is 5.64. The number of anilines is 2. The molecule has 2 aliphatic heterocycles. The quantitative estimate of drug-likeness (QED) is 0.837. The molecular formula is C17H21F3N4. The number of nitriles is 1. The molecule has 3 rings (SSSR count). The Morgan fingerprint density at radius 3 is 2.58 bits per heavy atom. The number of pyridine rings is 1. The maximum absolute atomic E-state index is 13.4. The Morgan fingerprint density at radius 2 is 2.04 bits per heavy atom. The Bertz CT molecular complexity index is 646. The third-order valence-electron chi connectivity index (χ3n) is 4.87. The lowest BCUT2D eigenvalue weighted by Gasteiger charge is -2.34. The highest BCUT2D eigenvalue weighted by Crippen LogP contribution is 2.39. The molecule has 0 spiro atoms. The minimum absolute atomic E-state index is 0.188. The van der Waals surface area contributed by atoms with Crippen molar-refractivity contribution < 1.29 is 13.2 Å². The van der Waals surface area contributed by atoms with Crippen LogP contribution in [-0.4, -0.2) is 31.2 Å². The van der Waals surface area contributed by atoms with Crippen molar-refractivity contribution in [2.24, 2.45) is 5.92 Å². The fourth-order valence-electron chi connectivity index (χ4n) is 3.46. The average molecular weight is 338 g/mol. The average Bonchev–Trinajstić information content (AvgIpc) is 2.93. The van der Waals surface area contributed by atoms with Crippen molar-refractivity contribution in [2.45, 2.75) is 38.8 Å². The smallest absolute Gasteiger partial charge is 0.356 e. The molecule has 3 heterocycles. The van der Waals surface area contributed by atoms with Crippen molar-refractivity contribution in [3.63, 3.8) is 0 Å². The molecule has 7 heteroatoms. The molecule has 1 atom stereocenters. The van der Waals surface area contributed by atoms with Crippen molar-refractivity contribution in [2.75, 3.05) is 36.0 Å². The van der Waals surface area contributed by atoms with E-state index in [0.717, 1.165) is 44.8 Å². The number of nitrogens with zero attached hydrogens (tertiary/aromatic N) is 4. The van der Waals surface area contributed by atoms with E-state index in [1.54, 1.807) is 11.0 Å². The second-order valence-electron chi connectivity index (χ2n) is 6.57. The van der Waals surface area contributed by atoms with Gasteiger partial charge in [0, 0.05) is 26.2 Å². The summed E-state index contributed by atoms with van der Waals surface area (Å²) < 4.78 is 40.3. The van der Waals surface area contributed by atoms with Gasteiger partial charge in [-0.25, -0.2) is 4.98 Å². The van der Waals surface area contributed by atoms with E-state index in [1.165, 1.54) is 0 Å². The molecule has 1 unspecified atom stereocenters. The van der Waals surface area contributed by atoms with Gasteiger partial charge in [0.2, 0.25) is 0 Å². The molecule has 0 N–H and O–H groups in total. The van der Waals surface area contributed by atoms with Crippen LogP contribution in [0.5, 0.6) is 0 Å². The number of aromatic nitrogens is 1. The van der Waals surface area contributed by atoms with Crippen molar-refractivity contribution in [3.05, 3.63) is 17.2 Å². The van der Waals surface area contributed by atoms with E-state index in [-0.39, 0.29) is 11.4 Å². The van der Waals surface area contributed by atoms with Gasteiger partial charge >= 0.3 is 6.18 Å². The Balaban J connectivity index is 1.99. The van der Waals surface area contributed by atoms with Crippen LogP contribution in [0.2, 0.25) is 0 Å². The fraction of sp³-hybridized carbons (Fsp3) is 0.647. The van der Waals surface area contributed by atoms with Gasteiger partial charge in [-0.1, -0.05) is 13.3 Å². The second-order valence-corrected chi connectivity index (χ2v) is 6.57. The minimum atomic E-state index is -4.55. The van der Waals surface area contributed by atoms with Crippen LogP contribution in [0.4, 0.5) is 24.8 Å². The summed E-state index contributed by atoms with van der Waals surface area (Å²) in [5.74, 6) is 1.04. The Hall–Kier alpha value is -1.97. The molecule has 24 heavy (non-hydrogen) atoms. The van der Waals surface area contributed by atoms with Crippen LogP contribution in [0.25, 0.3) is 0 Å². The van der Waals surface area contributed by atoms with E-state index >= 15 is 0 Å². The second kappa shape index (κ2) is 6.50. The van der Waals surface area contributed by atoms with Crippen molar-refractivity contribution in [3.8, 4) is 6.07 Å². The van der Waals surface area contributed by atoms with E-state index in [2.05, 4.69) is 11.9 Å². The first-order valence-corrected chi connectivity index (χ1v) is 8.46. The molecule has 0 radical (unpaired) electrons. The van der Waals surface area contributed by atoms with E-state index < -0.39 is 11.7 Å². The molecule has 1 aromatic rings. The Kier molecular flexibility index (Phi) is 4.57. The van der Waals surface area contributed by atoms with Crippen molar-refractivity contribution in [1.29, 1.82) is 5.26 Å². The number of rotatable bonds is 4. The number of halogens is 3. The van der Waals surface area contributed by atoms with E-state index in [1.807, 2.05) is 4.90 Å². The lowest BCUT2D eigenvalue weighted by Crippen LogP contribution is -2.39. The molecular weight excluding hydrogens is 317 g/mol. The van der Waals surface area contributed by atoms with Gasteiger partial charge in [-0.2, -0.15) is 18.4 Å². The minimum Gasteiger partial charge on any atom is -0.356 e. The van der Waals surface area contributed by atoms with Crippen LogP contribution < -0.4 is 9.80 Å². The molecule has 0 aromatic carbocycles. The van der Waals surface area contributed by atoms with Gasteiger partial charge in [0.25, 0.3) is 0 Å². The van der Waals surface area contributed by atoms with E-state index in [9.17, 15) is 18.4 Å². The predicted octanol–water partition coefficient (Wildman–Crippen LogP) is 3.81. The fourth-order valence-corrected chi connectivity index (χ4v) is 3.46. The zero-order valence-electron chi connectivity index (χ0n) is 13.7. The molecule has 130 valence electrons. The summed E-state index contributed by atoms with van der Waals surface area (Å²) in [7, 11) is 0. The van der Waals surface area contributed by atoms with Crippen LogP contribution in [-0.2, 0) is 6.18 Å². The van der Waals surface area contributed by atoms with E-state index in [0.29, 0.717) is 24.8 Å². The Morgan fingerprint density at radius 1 is 1.29 bits per heavy atom. The van der Waals surface area contributed by atoms with Crippen LogP contribution in [0, 0.1) is 17.2 Å². The summed E-state index contributed by atoms with van der Waals surface area (Å²) in [6.45, 7) is 4.89. The summed E-state index contributed by atoms with van der Waals surface area (Å²) in [6, 6.07) is 2.78. The SMILES string of the molecule is CCCC1CCN(c2cc(C(F)(F)F)c(C#N)c(N3CCC3)n2)C1. The lowest BCUT2D eigenvalue weighted by molar-refractivity contribution is -0.137. The van der Waals surface area contributed by atoms with Crippen LogP contribution in [0.1, 0.15) is 43.7 Å².